The summed E-state index contributed by atoms with van der Waals surface area (Å²) in [6.45, 7) is 5.93. The summed E-state index contributed by atoms with van der Waals surface area (Å²) in [6.07, 6.45) is 0.845. The molecule has 2 aromatic carbocycles. The van der Waals surface area contributed by atoms with Crippen LogP contribution < -0.4 is 0 Å². The average molecular weight is 236 g/mol. The molecule has 0 fully saturated rings. The Morgan fingerprint density at radius 3 is 2.11 bits per heavy atom. The van der Waals surface area contributed by atoms with Gasteiger partial charge in [0.15, 0.2) is 0 Å². The summed E-state index contributed by atoms with van der Waals surface area (Å²) >= 11 is 0. The van der Waals surface area contributed by atoms with E-state index in [0.717, 1.165) is 17.4 Å². The Labute approximate surface area is 108 Å². The molecule has 0 amide bonds. The zero-order chi connectivity index (χ0) is 13.0. The second-order valence-electron chi connectivity index (χ2n) is 4.45. The van der Waals surface area contributed by atoms with E-state index in [-0.39, 0.29) is 5.92 Å². The van der Waals surface area contributed by atoms with Gasteiger partial charge in [0.1, 0.15) is 6.29 Å². The van der Waals surface area contributed by atoms with Gasteiger partial charge in [0.2, 0.25) is 0 Å². The van der Waals surface area contributed by atoms with Crippen LogP contribution in [0.2, 0.25) is 0 Å². The molecule has 1 heteroatoms. The number of benzene rings is 2. The van der Waals surface area contributed by atoms with Crippen molar-refractivity contribution in [2.45, 2.75) is 12.8 Å². The Kier molecular flexibility index (Phi) is 3.73. The highest BCUT2D eigenvalue weighted by atomic mass is 16.1. The van der Waals surface area contributed by atoms with Crippen molar-refractivity contribution in [3.8, 4) is 0 Å². The van der Waals surface area contributed by atoms with Crippen LogP contribution in [0.25, 0.3) is 0 Å². The van der Waals surface area contributed by atoms with Crippen molar-refractivity contribution in [3.63, 3.8) is 0 Å². The predicted octanol–water partition coefficient (Wildman–Crippen LogP) is 3.88. The van der Waals surface area contributed by atoms with E-state index >= 15 is 0 Å². The molecule has 0 aromatic heterocycles. The average Bonchev–Trinajstić information content (AvgIpc) is 2.42. The van der Waals surface area contributed by atoms with Crippen molar-refractivity contribution in [2.24, 2.45) is 0 Å². The van der Waals surface area contributed by atoms with Gasteiger partial charge in [0.25, 0.3) is 0 Å². The second kappa shape index (κ2) is 5.46. The van der Waals surface area contributed by atoms with Crippen molar-refractivity contribution < 1.29 is 4.79 Å². The highest BCUT2D eigenvalue weighted by Crippen LogP contribution is 2.29. The number of aryl methyl sites for hydroxylation is 1. The lowest BCUT2D eigenvalue weighted by atomic mass is 9.86. The third-order valence-electron chi connectivity index (χ3n) is 3.07. The minimum Gasteiger partial charge on any atom is -0.298 e. The van der Waals surface area contributed by atoms with E-state index in [1.165, 1.54) is 5.56 Å². The zero-order valence-electron chi connectivity index (χ0n) is 10.5. The van der Waals surface area contributed by atoms with Gasteiger partial charge in [-0.25, -0.2) is 0 Å². The van der Waals surface area contributed by atoms with Crippen LogP contribution >= 0.6 is 0 Å². The lowest BCUT2D eigenvalue weighted by Gasteiger charge is -2.17. The maximum absolute atomic E-state index is 11.1. The molecule has 0 saturated heterocycles. The van der Waals surface area contributed by atoms with Gasteiger partial charge in [-0.15, -0.1) is 0 Å². The SMILES string of the molecule is C=C(C=O)[C@H](c1ccccc1)c1ccc(C)cc1. The number of carbonyl (C=O) groups is 1. The molecule has 0 saturated carbocycles. The van der Waals surface area contributed by atoms with E-state index in [1.54, 1.807) is 0 Å². The highest BCUT2D eigenvalue weighted by molar-refractivity contribution is 5.76. The van der Waals surface area contributed by atoms with Crippen molar-refractivity contribution in [3.05, 3.63) is 83.4 Å². The van der Waals surface area contributed by atoms with Gasteiger partial charge >= 0.3 is 0 Å². The third-order valence-corrected chi connectivity index (χ3v) is 3.07. The van der Waals surface area contributed by atoms with Crippen LogP contribution in [0.15, 0.2) is 66.7 Å². The summed E-state index contributed by atoms with van der Waals surface area (Å²) in [5.41, 5.74) is 4.00. The molecule has 1 atom stereocenters. The van der Waals surface area contributed by atoms with Gasteiger partial charge in [-0.1, -0.05) is 66.7 Å². The number of rotatable bonds is 4. The zero-order valence-corrected chi connectivity index (χ0v) is 10.5. The van der Waals surface area contributed by atoms with Gasteiger partial charge in [0, 0.05) is 5.92 Å². The molecular formula is C17H16O. The Morgan fingerprint density at radius 1 is 1.00 bits per heavy atom. The van der Waals surface area contributed by atoms with E-state index in [1.807, 2.05) is 30.3 Å². The first-order valence-corrected chi connectivity index (χ1v) is 5.98. The molecular weight excluding hydrogens is 220 g/mol. The third kappa shape index (κ3) is 2.57. The Bertz CT molecular complexity index is 538. The van der Waals surface area contributed by atoms with Crippen molar-refractivity contribution >= 4 is 6.29 Å². The van der Waals surface area contributed by atoms with Crippen LogP contribution in [-0.2, 0) is 4.79 Å². The summed E-state index contributed by atoms with van der Waals surface area (Å²) in [7, 11) is 0. The van der Waals surface area contributed by atoms with Crippen LogP contribution in [-0.4, -0.2) is 6.29 Å². The number of carbonyl (C=O) groups excluding carboxylic acids is 1. The molecule has 0 aliphatic carbocycles. The molecule has 0 N–H and O–H groups in total. The molecule has 0 aliphatic heterocycles. The van der Waals surface area contributed by atoms with E-state index < -0.39 is 0 Å². The Morgan fingerprint density at radius 2 is 1.56 bits per heavy atom. The van der Waals surface area contributed by atoms with E-state index in [9.17, 15) is 4.79 Å². The van der Waals surface area contributed by atoms with Crippen molar-refractivity contribution in [2.75, 3.05) is 0 Å². The molecule has 90 valence electrons. The fourth-order valence-corrected chi connectivity index (χ4v) is 2.09. The predicted molar refractivity (Wildman–Crippen MR) is 74.7 cm³/mol. The van der Waals surface area contributed by atoms with Crippen LogP contribution in [0.1, 0.15) is 22.6 Å². The standard InChI is InChI=1S/C17H16O/c1-13-8-10-16(11-9-13)17(14(2)12-18)15-6-4-3-5-7-15/h3-12,17H,2H2,1H3/t17-/m1/s1. The molecule has 1 nitrogen and oxygen atoms in total. The number of allylic oxidation sites excluding steroid dienone is 1. The summed E-state index contributed by atoms with van der Waals surface area (Å²) in [5.74, 6) is -0.0516. The van der Waals surface area contributed by atoms with Gasteiger partial charge in [-0.05, 0) is 23.6 Å². The monoisotopic (exact) mass is 236 g/mol. The molecule has 0 aliphatic rings. The largest absolute Gasteiger partial charge is 0.298 e. The van der Waals surface area contributed by atoms with Gasteiger partial charge in [-0.2, -0.15) is 0 Å². The number of aldehydes is 1. The lowest BCUT2D eigenvalue weighted by Crippen LogP contribution is -2.05. The quantitative estimate of drug-likeness (QED) is 0.581. The van der Waals surface area contributed by atoms with E-state index in [4.69, 9.17) is 0 Å². The molecule has 2 rings (SSSR count). The smallest absolute Gasteiger partial charge is 0.146 e. The molecule has 0 heterocycles. The van der Waals surface area contributed by atoms with Crippen LogP contribution in [0.4, 0.5) is 0 Å². The maximum atomic E-state index is 11.1. The van der Waals surface area contributed by atoms with E-state index in [0.29, 0.717) is 5.57 Å². The normalized spacial score (nSPS) is 11.8. The molecule has 0 radical (unpaired) electrons. The first-order chi connectivity index (χ1) is 8.72. The fraction of sp³-hybridized carbons (Fsp3) is 0.118. The second-order valence-corrected chi connectivity index (χ2v) is 4.45. The lowest BCUT2D eigenvalue weighted by molar-refractivity contribution is -0.105. The van der Waals surface area contributed by atoms with E-state index in [2.05, 4.69) is 37.8 Å². The maximum Gasteiger partial charge on any atom is 0.146 e. The first-order valence-electron chi connectivity index (χ1n) is 5.98. The topological polar surface area (TPSA) is 17.1 Å². The Balaban J connectivity index is 2.46. The van der Waals surface area contributed by atoms with Gasteiger partial charge < -0.3 is 0 Å². The minimum absolute atomic E-state index is 0.0516. The number of hydrogen-bond donors (Lipinski definition) is 0. The summed E-state index contributed by atoms with van der Waals surface area (Å²) in [4.78, 5) is 11.1. The van der Waals surface area contributed by atoms with Crippen molar-refractivity contribution in [1.29, 1.82) is 0 Å². The number of hydrogen-bond acceptors (Lipinski definition) is 1. The van der Waals surface area contributed by atoms with Crippen LogP contribution in [0.5, 0.6) is 0 Å². The fourth-order valence-electron chi connectivity index (χ4n) is 2.09. The summed E-state index contributed by atoms with van der Waals surface area (Å²) in [6, 6.07) is 18.2. The highest BCUT2D eigenvalue weighted by Gasteiger charge is 2.16. The molecule has 0 unspecified atom stereocenters. The van der Waals surface area contributed by atoms with Crippen LogP contribution in [0, 0.1) is 6.92 Å². The van der Waals surface area contributed by atoms with Crippen molar-refractivity contribution in [1.82, 2.24) is 0 Å². The molecule has 2 aromatic rings. The summed E-state index contributed by atoms with van der Waals surface area (Å²) < 4.78 is 0. The minimum atomic E-state index is -0.0516. The van der Waals surface area contributed by atoms with Crippen LogP contribution in [0.3, 0.4) is 0 Å². The molecule has 0 spiro atoms. The van der Waals surface area contributed by atoms with Gasteiger partial charge in [0.05, 0.1) is 0 Å². The Hall–Kier alpha value is -2.15. The molecule has 0 bridgehead atoms. The van der Waals surface area contributed by atoms with Gasteiger partial charge in [-0.3, -0.25) is 4.79 Å². The summed E-state index contributed by atoms with van der Waals surface area (Å²) in [5, 5.41) is 0. The first kappa shape index (κ1) is 12.3. The molecule has 18 heavy (non-hydrogen) atoms.